The Balaban J connectivity index is 2.13. The summed E-state index contributed by atoms with van der Waals surface area (Å²) in [5.41, 5.74) is 1.10. The summed E-state index contributed by atoms with van der Waals surface area (Å²) in [6, 6.07) is 7.87. The molecule has 0 spiro atoms. The van der Waals surface area contributed by atoms with Crippen molar-refractivity contribution in [2.75, 3.05) is 13.2 Å². The van der Waals surface area contributed by atoms with Crippen molar-refractivity contribution < 1.29 is 13.2 Å². The van der Waals surface area contributed by atoms with E-state index in [9.17, 15) is 8.42 Å². The zero-order valence-corrected chi connectivity index (χ0v) is 12.3. The van der Waals surface area contributed by atoms with Crippen LogP contribution in [0.5, 0.6) is 0 Å². The molecule has 6 heteroatoms. The molecule has 1 aromatic rings. The van der Waals surface area contributed by atoms with Crippen LogP contribution in [0.3, 0.4) is 0 Å². The maximum absolute atomic E-state index is 11.6. The number of ether oxygens (including phenoxy) is 1. The van der Waals surface area contributed by atoms with Crippen LogP contribution in [0.4, 0.5) is 0 Å². The molecule has 2 N–H and O–H groups in total. The Hall–Kier alpha value is -0.430. The predicted octanol–water partition coefficient (Wildman–Crippen LogP) is 1.69. The van der Waals surface area contributed by atoms with Crippen molar-refractivity contribution in [2.24, 2.45) is 11.1 Å². The smallest absolute Gasteiger partial charge is 0.212 e. The number of hydrogen-bond acceptors (Lipinski definition) is 3. The van der Waals surface area contributed by atoms with Crippen LogP contribution < -0.4 is 5.14 Å². The minimum absolute atomic E-state index is 0.0603. The molecule has 18 heavy (non-hydrogen) atoms. The zero-order chi connectivity index (χ0) is 13.2. The quantitative estimate of drug-likeness (QED) is 0.914. The number of sulfonamides is 1. The molecule has 1 aliphatic heterocycles. The molecule has 1 aliphatic rings. The highest BCUT2D eigenvalue weighted by Gasteiger charge is 2.33. The van der Waals surface area contributed by atoms with Crippen molar-refractivity contribution in [3.63, 3.8) is 0 Å². The third-order valence-corrected chi connectivity index (χ3v) is 5.23. The van der Waals surface area contributed by atoms with Gasteiger partial charge in [-0.05, 0) is 30.5 Å². The Morgan fingerprint density at radius 1 is 1.33 bits per heavy atom. The van der Waals surface area contributed by atoms with Crippen LogP contribution in [0.15, 0.2) is 28.7 Å². The Morgan fingerprint density at radius 2 is 2.00 bits per heavy atom. The fourth-order valence-corrected chi connectivity index (χ4v) is 3.72. The molecule has 4 nitrogen and oxygen atoms in total. The molecule has 1 aromatic carbocycles. The second-order valence-electron chi connectivity index (χ2n) is 4.58. The van der Waals surface area contributed by atoms with Gasteiger partial charge in [0.25, 0.3) is 0 Å². The number of benzene rings is 1. The van der Waals surface area contributed by atoms with Crippen LogP contribution in [0.25, 0.3) is 0 Å². The van der Waals surface area contributed by atoms with Crippen molar-refractivity contribution in [1.29, 1.82) is 0 Å². The largest absolute Gasteiger partial charge is 0.381 e. The molecule has 100 valence electrons. The number of halogens is 1. The summed E-state index contributed by atoms with van der Waals surface area (Å²) in [7, 11) is -3.49. The summed E-state index contributed by atoms with van der Waals surface area (Å²) in [6.45, 7) is 0.926. The summed E-state index contributed by atoms with van der Waals surface area (Å²) in [4.78, 5) is 0. The highest BCUT2D eigenvalue weighted by atomic mass is 79.9. The van der Waals surface area contributed by atoms with Crippen molar-refractivity contribution in [3.8, 4) is 0 Å². The van der Waals surface area contributed by atoms with E-state index in [0.717, 1.165) is 10.0 Å². The Morgan fingerprint density at radius 3 is 2.61 bits per heavy atom. The average molecular weight is 334 g/mol. The molecule has 0 aromatic heterocycles. The summed E-state index contributed by atoms with van der Waals surface area (Å²) < 4.78 is 29.5. The fraction of sp³-hybridized carbons (Fsp3) is 0.500. The van der Waals surface area contributed by atoms with Gasteiger partial charge in [-0.2, -0.15) is 0 Å². The normalized spacial score (nSPS) is 25.0. The van der Waals surface area contributed by atoms with E-state index >= 15 is 0 Å². The van der Waals surface area contributed by atoms with E-state index in [1.165, 1.54) is 0 Å². The van der Waals surface area contributed by atoms with Gasteiger partial charge in [-0.25, -0.2) is 13.6 Å². The molecule has 0 amide bonds. The molecule has 0 radical (unpaired) electrons. The van der Waals surface area contributed by atoms with Crippen LogP contribution in [-0.2, 0) is 21.2 Å². The van der Waals surface area contributed by atoms with Crippen molar-refractivity contribution in [1.82, 2.24) is 0 Å². The minimum atomic E-state index is -3.49. The molecule has 1 fully saturated rings. The SMILES string of the molecule is NS(=O)(=O)[C@H]1CCOC[C@@H]1Cc1ccc(Br)cc1. The molecule has 1 heterocycles. The zero-order valence-electron chi connectivity index (χ0n) is 9.88. The fourth-order valence-electron chi connectivity index (χ4n) is 2.32. The van der Waals surface area contributed by atoms with E-state index in [1.54, 1.807) is 0 Å². The lowest BCUT2D eigenvalue weighted by molar-refractivity contribution is 0.0572. The first kappa shape index (κ1) is 14.0. The summed E-state index contributed by atoms with van der Waals surface area (Å²) >= 11 is 3.37. The molecular formula is C12H16BrNO3S. The Bertz CT molecular complexity index is 501. The molecule has 0 unspecified atom stereocenters. The second-order valence-corrected chi connectivity index (χ2v) is 7.28. The average Bonchev–Trinajstić information content (AvgIpc) is 2.31. The van der Waals surface area contributed by atoms with Gasteiger partial charge in [0.15, 0.2) is 0 Å². The molecule has 2 rings (SSSR count). The van der Waals surface area contributed by atoms with E-state index in [4.69, 9.17) is 9.88 Å². The van der Waals surface area contributed by atoms with Gasteiger partial charge in [0.05, 0.1) is 11.9 Å². The third kappa shape index (κ3) is 3.54. The van der Waals surface area contributed by atoms with E-state index in [1.807, 2.05) is 24.3 Å². The van der Waals surface area contributed by atoms with Gasteiger partial charge in [-0.3, -0.25) is 0 Å². The number of primary sulfonamides is 1. The third-order valence-electron chi connectivity index (χ3n) is 3.24. The Kier molecular flexibility index (Phi) is 4.42. The lowest BCUT2D eigenvalue weighted by Gasteiger charge is -2.29. The summed E-state index contributed by atoms with van der Waals surface area (Å²) in [5.74, 6) is -0.0603. The standard InChI is InChI=1S/C12H16BrNO3S/c13-11-3-1-9(2-4-11)7-10-8-17-6-5-12(10)18(14,15)16/h1-4,10,12H,5-8H2,(H2,14,15,16)/t10-,12-/m0/s1. The van der Waals surface area contributed by atoms with Crippen molar-refractivity contribution in [2.45, 2.75) is 18.1 Å². The maximum Gasteiger partial charge on any atom is 0.212 e. The topological polar surface area (TPSA) is 69.4 Å². The second kappa shape index (κ2) is 5.69. The van der Waals surface area contributed by atoms with Gasteiger partial charge in [-0.1, -0.05) is 28.1 Å². The van der Waals surface area contributed by atoms with Gasteiger partial charge in [-0.15, -0.1) is 0 Å². The first-order valence-electron chi connectivity index (χ1n) is 5.80. The molecule has 0 aliphatic carbocycles. The van der Waals surface area contributed by atoms with Gasteiger partial charge < -0.3 is 4.74 Å². The Labute approximate surface area is 116 Å². The van der Waals surface area contributed by atoms with Crippen LogP contribution in [0, 0.1) is 5.92 Å². The van der Waals surface area contributed by atoms with E-state index in [2.05, 4.69) is 15.9 Å². The van der Waals surface area contributed by atoms with E-state index < -0.39 is 15.3 Å². The maximum atomic E-state index is 11.6. The van der Waals surface area contributed by atoms with Gasteiger partial charge in [0.2, 0.25) is 10.0 Å². The number of hydrogen-bond donors (Lipinski definition) is 1. The van der Waals surface area contributed by atoms with Gasteiger partial charge >= 0.3 is 0 Å². The van der Waals surface area contributed by atoms with Gasteiger partial charge in [0, 0.05) is 17.0 Å². The number of rotatable bonds is 3. The summed E-state index contributed by atoms with van der Waals surface area (Å²) in [5, 5.41) is 4.80. The lowest BCUT2D eigenvalue weighted by Crippen LogP contribution is -2.42. The first-order chi connectivity index (χ1) is 8.47. The van der Waals surface area contributed by atoms with Crippen LogP contribution in [0.2, 0.25) is 0 Å². The molecule has 0 saturated carbocycles. The van der Waals surface area contributed by atoms with Crippen LogP contribution >= 0.6 is 15.9 Å². The number of nitrogens with two attached hydrogens (primary N) is 1. The predicted molar refractivity (Wildman–Crippen MR) is 73.7 cm³/mol. The monoisotopic (exact) mass is 333 g/mol. The van der Waals surface area contributed by atoms with E-state index in [0.29, 0.717) is 26.1 Å². The first-order valence-corrected chi connectivity index (χ1v) is 8.21. The summed E-state index contributed by atoms with van der Waals surface area (Å²) in [6.07, 6.45) is 1.16. The van der Waals surface area contributed by atoms with Gasteiger partial charge in [0.1, 0.15) is 0 Å². The van der Waals surface area contributed by atoms with Crippen LogP contribution in [-0.4, -0.2) is 26.9 Å². The van der Waals surface area contributed by atoms with Crippen LogP contribution in [0.1, 0.15) is 12.0 Å². The molecule has 1 saturated heterocycles. The van der Waals surface area contributed by atoms with Crippen molar-refractivity contribution in [3.05, 3.63) is 34.3 Å². The highest BCUT2D eigenvalue weighted by Crippen LogP contribution is 2.24. The minimum Gasteiger partial charge on any atom is -0.381 e. The van der Waals surface area contributed by atoms with Crippen molar-refractivity contribution >= 4 is 26.0 Å². The highest BCUT2D eigenvalue weighted by molar-refractivity contribution is 9.10. The molecule has 0 bridgehead atoms. The molecular weight excluding hydrogens is 318 g/mol. The van der Waals surface area contributed by atoms with E-state index in [-0.39, 0.29) is 5.92 Å². The molecule has 2 atom stereocenters. The lowest BCUT2D eigenvalue weighted by atomic mass is 9.94.